The lowest BCUT2D eigenvalue weighted by Crippen LogP contribution is -2.42. The highest BCUT2D eigenvalue weighted by atomic mass is 32.1. The minimum Gasteiger partial charge on any atom is -0.497 e. The molecule has 0 aromatic heterocycles. The van der Waals surface area contributed by atoms with Gasteiger partial charge < -0.3 is 14.8 Å². The molecule has 2 aliphatic rings. The van der Waals surface area contributed by atoms with Crippen LogP contribution < -0.4 is 14.8 Å². The predicted molar refractivity (Wildman–Crippen MR) is 117 cm³/mol. The number of hydrogen-bond donors (Lipinski definition) is 1. The van der Waals surface area contributed by atoms with Crippen molar-refractivity contribution in [3.63, 3.8) is 0 Å². The third-order valence-corrected chi connectivity index (χ3v) is 5.69. The molecular formula is C23H24N2O2S. The fraction of sp³-hybridized carbons (Fsp3) is 0.304. The second-order valence-corrected chi connectivity index (χ2v) is 7.53. The van der Waals surface area contributed by atoms with E-state index < -0.39 is 0 Å². The van der Waals surface area contributed by atoms with Gasteiger partial charge in [-0.1, -0.05) is 24.3 Å². The molecule has 2 atom stereocenters. The van der Waals surface area contributed by atoms with Crippen LogP contribution in [-0.4, -0.2) is 25.0 Å². The average molecular weight is 393 g/mol. The Morgan fingerprint density at radius 2 is 1.64 bits per heavy atom. The molecule has 144 valence electrons. The van der Waals surface area contributed by atoms with Gasteiger partial charge in [-0.25, -0.2) is 4.99 Å². The van der Waals surface area contributed by atoms with Crippen LogP contribution >= 0.6 is 12.2 Å². The summed E-state index contributed by atoms with van der Waals surface area (Å²) in [7, 11) is 3.37. The Balaban J connectivity index is 1.65. The summed E-state index contributed by atoms with van der Waals surface area (Å²) in [5.74, 6) is 2.04. The van der Waals surface area contributed by atoms with Gasteiger partial charge in [0, 0.05) is 5.92 Å². The second kappa shape index (κ2) is 8.15. The molecule has 1 fully saturated rings. The highest BCUT2D eigenvalue weighted by Crippen LogP contribution is 2.38. The quantitative estimate of drug-likeness (QED) is 0.747. The normalized spacial score (nSPS) is 22.9. The number of nitrogens with zero attached hydrogens (tertiary/aromatic N) is 1. The monoisotopic (exact) mass is 392 g/mol. The predicted octanol–water partition coefficient (Wildman–Crippen LogP) is 4.96. The van der Waals surface area contributed by atoms with Gasteiger partial charge in [0.1, 0.15) is 11.5 Å². The van der Waals surface area contributed by atoms with E-state index in [1.54, 1.807) is 14.2 Å². The van der Waals surface area contributed by atoms with Crippen LogP contribution in [0.3, 0.4) is 0 Å². The van der Waals surface area contributed by atoms with Crippen molar-refractivity contribution in [3.8, 4) is 11.5 Å². The molecule has 0 amide bonds. The standard InChI is InChI=1S/C23H24N2O2S/c1-26-18-10-6-15(7-11-18)14-17-4-3-5-20-21(24-23(28)25-22(17)20)16-8-12-19(27-2)13-9-16/h6-14,20-21H,3-5H2,1-2H3,(H,24,28)/b17-14+/t20-,21+/m1/s1. The van der Waals surface area contributed by atoms with Crippen LogP contribution in [0, 0.1) is 5.92 Å². The Hall–Kier alpha value is -2.66. The van der Waals surface area contributed by atoms with Crippen molar-refractivity contribution in [2.24, 2.45) is 10.9 Å². The summed E-state index contributed by atoms with van der Waals surface area (Å²) in [6, 6.07) is 16.5. The minimum absolute atomic E-state index is 0.144. The molecule has 4 nitrogen and oxygen atoms in total. The van der Waals surface area contributed by atoms with Gasteiger partial charge in [0.05, 0.1) is 26.0 Å². The molecule has 4 rings (SSSR count). The molecule has 0 spiro atoms. The van der Waals surface area contributed by atoms with Gasteiger partial charge in [0.25, 0.3) is 0 Å². The number of hydrogen-bond acceptors (Lipinski definition) is 3. The largest absolute Gasteiger partial charge is 0.497 e. The summed E-state index contributed by atoms with van der Waals surface area (Å²) < 4.78 is 10.6. The molecule has 2 aromatic rings. The molecule has 1 heterocycles. The van der Waals surface area contributed by atoms with Crippen molar-refractivity contribution in [2.75, 3.05) is 14.2 Å². The summed E-state index contributed by atoms with van der Waals surface area (Å²) in [5.41, 5.74) is 4.78. The first-order valence-corrected chi connectivity index (χ1v) is 9.97. The topological polar surface area (TPSA) is 42.8 Å². The van der Waals surface area contributed by atoms with Crippen molar-refractivity contribution >= 4 is 29.1 Å². The lowest BCUT2D eigenvalue weighted by Gasteiger charge is -2.37. The van der Waals surface area contributed by atoms with Gasteiger partial charge >= 0.3 is 0 Å². The molecule has 5 heteroatoms. The second-order valence-electron chi connectivity index (χ2n) is 7.14. The molecule has 2 aromatic carbocycles. The van der Waals surface area contributed by atoms with Crippen LogP contribution in [0.5, 0.6) is 11.5 Å². The summed E-state index contributed by atoms with van der Waals surface area (Å²) >= 11 is 5.48. The van der Waals surface area contributed by atoms with Crippen molar-refractivity contribution in [2.45, 2.75) is 25.3 Å². The van der Waals surface area contributed by atoms with Gasteiger partial charge in [0.2, 0.25) is 0 Å². The van der Waals surface area contributed by atoms with Gasteiger partial charge in [0.15, 0.2) is 5.11 Å². The Morgan fingerprint density at radius 1 is 1.00 bits per heavy atom. The maximum atomic E-state index is 5.48. The number of rotatable bonds is 4. The van der Waals surface area contributed by atoms with Gasteiger partial charge in [-0.3, -0.25) is 0 Å². The number of fused-ring (bicyclic) bond motifs is 1. The smallest absolute Gasteiger partial charge is 0.193 e. The first-order valence-electron chi connectivity index (χ1n) is 9.56. The van der Waals surface area contributed by atoms with Crippen LogP contribution in [0.15, 0.2) is 59.1 Å². The Morgan fingerprint density at radius 3 is 2.29 bits per heavy atom. The molecule has 28 heavy (non-hydrogen) atoms. The zero-order valence-electron chi connectivity index (χ0n) is 16.1. The third kappa shape index (κ3) is 3.80. The van der Waals surface area contributed by atoms with Crippen molar-refractivity contribution in [3.05, 3.63) is 65.2 Å². The maximum Gasteiger partial charge on any atom is 0.193 e. The van der Waals surface area contributed by atoms with E-state index in [0.29, 0.717) is 11.0 Å². The zero-order valence-corrected chi connectivity index (χ0v) is 17.0. The van der Waals surface area contributed by atoms with E-state index in [1.165, 1.54) is 11.1 Å². The summed E-state index contributed by atoms with van der Waals surface area (Å²) in [4.78, 5) is 4.74. The highest BCUT2D eigenvalue weighted by Gasteiger charge is 2.36. The lowest BCUT2D eigenvalue weighted by molar-refractivity contribution is 0.412. The number of ether oxygens (including phenoxy) is 2. The number of thiocarbonyl (C=S) groups is 1. The molecule has 0 saturated heterocycles. The molecule has 1 aliphatic heterocycles. The van der Waals surface area contributed by atoms with Crippen LogP contribution in [0.2, 0.25) is 0 Å². The van der Waals surface area contributed by atoms with Crippen molar-refractivity contribution in [1.29, 1.82) is 0 Å². The summed E-state index contributed by atoms with van der Waals surface area (Å²) in [6.45, 7) is 0. The summed E-state index contributed by atoms with van der Waals surface area (Å²) in [5, 5.41) is 3.99. The first kappa shape index (κ1) is 18.7. The van der Waals surface area contributed by atoms with E-state index in [-0.39, 0.29) is 6.04 Å². The lowest BCUT2D eigenvalue weighted by atomic mass is 9.76. The molecule has 0 unspecified atom stereocenters. The Kier molecular flexibility index (Phi) is 5.44. The van der Waals surface area contributed by atoms with E-state index in [9.17, 15) is 0 Å². The molecular weight excluding hydrogens is 368 g/mol. The number of methoxy groups -OCH3 is 2. The average Bonchev–Trinajstić information content (AvgIpc) is 2.74. The zero-order chi connectivity index (χ0) is 19.5. The first-order chi connectivity index (χ1) is 13.7. The van der Waals surface area contributed by atoms with E-state index in [0.717, 1.165) is 42.0 Å². The van der Waals surface area contributed by atoms with Gasteiger partial charge in [-0.05, 0) is 78.5 Å². The van der Waals surface area contributed by atoms with Crippen molar-refractivity contribution < 1.29 is 9.47 Å². The molecule has 0 bridgehead atoms. The number of aliphatic imine (C=N–C) groups is 1. The highest BCUT2D eigenvalue weighted by molar-refractivity contribution is 7.80. The van der Waals surface area contributed by atoms with E-state index >= 15 is 0 Å². The van der Waals surface area contributed by atoms with Crippen LogP contribution in [-0.2, 0) is 0 Å². The van der Waals surface area contributed by atoms with Crippen LogP contribution in [0.1, 0.15) is 36.4 Å². The number of nitrogens with one attached hydrogen (secondary N) is 1. The molecule has 1 aliphatic carbocycles. The minimum atomic E-state index is 0.144. The molecule has 1 saturated carbocycles. The number of allylic oxidation sites excluding steroid dienone is 1. The SMILES string of the molecule is COc1ccc(/C=C2\CCC[C@H]3C2=NC(=S)N[C@H]3c2ccc(OC)cc2)cc1. The molecule has 1 N–H and O–H groups in total. The number of benzene rings is 2. The Bertz CT molecular complexity index is 917. The van der Waals surface area contributed by atoms with E-state index in [4.69, 9.17) is 26.7 Å². The van der Waals surface area contributed by atoms with Gasteiger partial charge in [-0.2, -0.15) is 0 Å². The fourth-order valence-corrected chi connectivity index (χ4v) is 4.27. The third-order valence-electron chi connectivity index (χ3n) is 5.48. The van der Waals surface area contributed by atoms with E-state index in [1.807, 2.05) is 24.3 Å². The fourth-order valence-electron chi connectivity index (χ4n) is 4.04. The van der Waals surface area contributed by atoms with Crippen LogP contribution in [0.4, 0.5) is 0 Å². The van der Waals surface area contributed by atoms with E-state index in [2.05, 4.69) is 35.7 Å². The van der Waals surface area contributed by atoms with Crippen molar-refractivity contribution in [1.82, 2.24) is 5.32 Å². The summed E-state index contributed by atoms with van der Waals surface area (Å²) in [6.07, 6.45) is 5.51. The van der Waals surface area contributed by atoms with Crippen LogP contribution in [0.25, 0.3) is 6.08 Å². The maximum absolute atomic E-state index is 5.48. The Labute approximate surface area is 171 Å². The van der Waals surface area contributed by atoms with Gasteiger partial charge in [-0.15, -0.1) is 0 Å². The molecule has 0 radical (unpaired) electrons.